The summed E-state index contributed by atoms with van der Waals surface area (Å²) >= 11 is 0. The molecule has 3 nitrogen and oxygen atoms in total. The van der Waals surface area contributed by atoms with E-state index in [1.54, 1.807) is 0 Å². The molecular weight excluding hydrogens is 154 g/mol. The average Bonchev–Trinajstić information content (AvgIpc) is 2.15. The number of carbonyl (C=O) groups is 1. The number of hydrogen-bond acceptors (Lipinski definition) is 2. The van der Waals surface area contributed by atoms with Crippen molar-refractivity contribution in [1.29, 1.82) is 0 Å². The fourth-order valence-electron chi connectivity index (χ4n) is 0.884. The first-order valence-electron chi connectivity index (χ1n) is 2.92. The number of rotatable bonds is 1. The Kier molecular flexibility index (Phi) is 4.07. The van der Waals surface area contributed by atoms with Gasteiger partial charge in [-0.25, -0.2) is 4.79 Å². The molecule has 0 spiro atoms. The van der Waals surface area contributed by atoms with Crippen LogP contribution in [-0.2, 0) is 4.79 Å². The first-order chi connectivity index (χ1) is 4.29. The number of carboxylic acids is 1. The lowest BCUT2D eigenvalue weighted by Gasteiger charge is -1.87. The van der Waals surface area contributed by atoms with Crippen molar-refractivity contribution >= 4 is 18.4 Å². The van der Waals surface area contributed by atoms with Gasteiger partial charge in [0.2, 0.25) is 0 Å². The highest BCUT2D eigenvalue weighted by molar-refractivity contribution is 5.85. The maximum absolute atomic E-state index is 10.1. The highest BCUT2D eigenvalue weighted by Gasteiger charge is 2.05. The van der Waals surface area contributed by atoms with Crippen LogP contribution in [0, 0.1) is 0 Å². The molecule has 0 aromatic carbocycles. The van der Waals surface area contributed by atoms with Gasteiger partial charge >= 0.3 is 5.97 Å². The summed E-state index contributed by atoms with van der Waals surface area (Å²) in [4.78, 5) is 10.1. The average molecular weight is 164 g/mol. The Balaban J connectivity index is 0.000000810. The van der Waals surface area contributed by atoms with E-state index in [2.05, 4.69) is 5.32 Å². The van der Waals surface area contributed by atoms with Crippen LogP contribution >= 0.6 is 12.4 Å². The molecule has 1 aliphatic rings. The predicted molar refractivity (Wildman–Crippen MR) is 40.5 cm³/mol. The molecule has 0 aromatic heterocycles. The predicted octanol–water partition coefficient (Wildman–Crippen LogP) is 0.412. The van der Waals surface area contributed by atoms with Gasteiger partial charge in [0.25, 0.3) is 0 Å². The van der Waals surface area contributed by atoms with Crippen LogP contribution in [0.4, 0.5) is 0 Å². The molecule has 0 radical (unpaired) electrons. The van der Waals surface area contributed by atoms with Crippen LogP contribution in [0.25, 0.3) is 0 Å². The lowest BCUT2D eigenvalue weighted by atomic mass is 10.2. The normalized spacial score (nSPS) is 20.6. The monoisotopic (exact) mass is 163 g/mol. The van der Waals surface area contributed by atoms with Crippen LogP contribution in [0.2, 0.25) is 0 Å². The van der Waals surface area contributed by atoms with Crippen LogP contribution in [0.5, 0.6) is 0 Å². The summed E-state index contributed by atoms with van der Waals surface area (Å²) in [7, 11) is 0. The second kappa shape index (κ2) is 4.30. The molecule has 0 atom stereocenters. The molecule has 0 aromatic rings. The first kappa shape index (κ1) is 9.46. The number of halogens is 1. The lowest BCUT2D eigenvalue weighted by Crippen LogP contribution is -2.05. The smallest absolute Gasteiger partial charge is 0.328 e. The van der Waals surface area contributed by atoms with Crippen molar-refractivity contribution in [2.75, 3.05) is 13.1 Å². The fraction of sp³-hybridized carbons (Fsp3) is 0.500. The molecule has 0 amide bonds. The van der Waals surface area contributed by atoms with Gasteiger partial charge in [-0.05, 0) is 18.5 Å². The van der Waals surface area contributed by atoms with Crippen molar-refractivity contribution in [3.8, 4) is 0 Å². The van der Waals surface area contributed by atoms with Crippen molar-refractivity contribution in [2.24, 2.45) is 0 Å². The minimum Gasteiger partial charge on any atom is -0.478 e. The van der Waals surface area contributed by atoms with E-state index in [1.165, 1.54) is 6.08 Å². The van der Waals surface area contributed by atoms with Gasteiger partial charge in [0, 0.05) is 12.6 Å². The maximum Gasteiger partial charge on any atom is 0.328 e. The fourth-order valence-corrected chi connectivity index (χ4v) is 0.884. The molecule has 58 valence electrons. The Morgan fingerprint density at radius 3 is 2.80 bits per heavy atom. The summed E-state index contributed by atoms with van der Waals surface area (Å²) in [5.41, 5.74) is 0.988. The van der Waals surface area contributed by atoms with Gasteiger partial charge in [0.15, 0.2) is 0 Å². The topological polar surface area (TPSA) is 49.3 Å². The molecule has 4 heteroatoms. The van der Waals surface area contributed by atoms with Gasteiger partial charge in [-0.3, -0.25) is 0 Å². The van der Waals surface area contributed by atoms with Gasteiger partial charge in [0.1, 0.15) is 0 Å². The molecule has 1 fully saturated rings. The zero-order valence-corrected chi connectivity index (χ0v) is 6.28. The second-order valence-electron chi connectivity index (χ2n) is 2.07. The summed E-state index contributed by atoms with van der Waals surface area (Å²) in [6.07, 6.45) is 2.16. The molecule has 0 bridgehead atoms. The number of carboxylic acid groups (broad SMARTS) is 1. The Morgan fingerprint density at radius 1 is 1.70 bits per heavy atom. The van der Waals surface area contributed by atoms with Crippen LogP contribution < -0.4 is 5.32 Å². The molecule has 10 heavy (non-hydrogen) atoms. The van der Waals surface area contributed by atoms with Crippen LogP contribution in [-0.4, -0.2) is 24.2 Å². The quantitative estimate of drug-likeness (QED) is 0.551. The molecular formula is C6H10ClNO2. The molecule has 1 saturated heterocycles. The number of hydrogen-bond donors (Lipinski definition) is 2. The summed E-state index contributed by atoms with van der Waals surface area (Å²) in [6.45, 7) is 1.66. The lowest BCUT2D eigenvalue weighted by molar-refractivity contribution is -0.131. The summed E-state index contributed by atoms with van der Waals surface area (Å²) < 4.78 is 0. The molecule has 0 saturated carbocycles. The van der Waals surface area contributed by atoms with E-state index < -0.39 is 5.97 Å². The van der Waals surface area contributed by atoms with Crippen LogP contribution in [0.15, 0.2) is 11.6 Å². The SMILES string of the molecule is Cl.O=C(O)/C=C1/CCNC1. The minimum absolute atomic E-state index is 0. The second-order valence-corrected chi connectivity index (χ2v) is 2.07. The van der Waals surface area contributed by atoms with E-state index >= 15 is 0 Å². The molecule has 0 unspecified atom stereocenters. The summed E-state index contributed by atoms with van der Waals surface area (Å²) in [6, 6.07) is 0. The standard InChI is InChI=1S/C6H9NO2.ClH/c8-6(9)3-5-1-2-7-4-5;/h3,7H,1-2,4H2,(H,8,9);1H/b5-3-;. The largest absolute Gasteiger partial charge is 0.478 e. The van der Waals surface area contributed by atoms with E-state index in [4.69, 9.17) is 5.11 Å². The van der Waals surface area contributed by atoms with Crippen molar-refractivity contribution in [3.63, 3.8) is 0 Å². The third-order valence-corrected chi connectivity index (χ3v) is 1.30. The first-order valence-corrected chi connectivity index (χ1v) is 2.92. The Labute approximate surface area is 65.5 Å². The molecule has 1 heterocycles. The molecule has 1 rings (SSSR count). The van der Waals surface area contributed by atoms with Gasteiger partial charge in [0.05, 0.1) is 0 Å². The summed E-state index contributed by atoms with van der Waals surface area (Å²) in [5, 5.41) is 11.3. The molecule has 2 N–H and O–H groups in total. The third kappa shape index (κ3) is 2.85. The zero-order chi connectivity index (χ0) is 6.69. The summed E-state index contributed by atoms with van der Waals surface area (Å²) in [5.74, 6) is -0.839. The third-order valence-electron chi connectivity index (χ3n) is 1.30. The van der Waals surface area contributed by atoms with Gasteiger partial charge in [-0.2, -0.15) is 0 Å². The molecule has 0 aliphatic carbocycles. The highest BCUT2D eigenvalue weighted by atomic mass is 35.5. The van der Waals surface area contributed by atoms with E-state index in [9.17, 15) is 4.79 Å². The van der Waals surface area contributed by atoms with Gasteiger partial charge in [-0.15, -0.1) is 12.4 Å². The highest BCUT2D eigenvalue weighted by Crippen LogP contribution is 2.03. The Bertz CT molecular complexity index is 148. The molecule has 1 aliphatic heterocycles. The number of aliphatic carboxylic acids is 1. The van der Waals surface area contributed by atoms with Crippen LogP contribution in [0.3, 0.4) is 0 Å². The Hall–Kier alpha value is -0.540. The van der Waals surface area contributed by atoms with Crippen LogP contribution in [0.1, 0.15) is 6.42 Å². The van der Waals surface area contributed by atoms with Gasteiger partial charge in [-0.1, -0.05) is 0 Å². The van der Waals surface area contributed by atoms with Crippen molar-refractivity contribution < 1.29 is 9.90 Å². The van der Waals surface area contributed by atoms with E-state index in [-0.39, 0.29) is 12.4 Å². The van der Waals surface area contributed by atoms with Crippen molar-refractivity contribution in [1.82, 2.24) is 5.32 Å². The minimum atomic E-state index is -0.839. The Morgan fingerprint density at radius 2 is 2.40 bits per heavy atom. The maximum atomic E-state index is 10.1. The van der Waals surface area contributed by atoms with Crippen molar-refractivity contribution in [2.45, 2.75) is 6.42 Å². The van der Waals surface area contributed by atoms with Crippen molar-refractivity contribution in [3.05, 3.63) is 11.6 Å². The number of nitrogens with one attached hydrogen (secondary N) is 1. The van der Waals surface area contributed by atoms with E-state index in [0.717, 1.165) is 25.1 Å². The zero-order valence-electron chi connectivity index (χ0n) is 5.46. The van der Waals surface area contributed by atoms with Gasteiger partial charge < -0.3 is 10.4 Å². The van der Waals surface area contributed by atoms with E-state index in [1.807, 2.05) is 0 Å². The van der Waals surface area contributed by atoms with E-state index in [0.29, 0.717) is 0 Å².